The number of aliphatic hydroxyl groups excluding tert-OH is 5. The summed E-state index contributed by atoms with van der Waals surface area (Å²) in [5.41, 5.74) is 2.28. The molecule has 362 valence electrons. The predicted molar refractivity (Wildman–Crippen MR) is 241 cm³/mol. The molecule has 0 amide bonds. The average Bonchev–Trinajstić information content (AvgIpc) is 4.03. The third-order valence-electron chi connectivity index (χ3n) is 23.2. The summed E-state index contributed by atoms with van der Waals surface area (Å²) in [5.74, 6) is -1.02. The van der Waals surface area contributed by atoms with Crippen LogP contribution in [-0.4, -0.2) is 113 Å². The Balaban J connectivity index is 0.773. The van der Waals surface area contributed by atoms with Crippen LogP contribution in [-0.2, 0) is 44.6 Å². The zero-order chi connectivity index (χ0) is 46.3. The molecule has 0 aromatic carbocycles. The fourth-order valence-corrected chi connectivity index (χ4v) is 19.5. The number of rotatable bonds is 2. The van der Waals surface area contributed by atoms with Crippen molar-refractivity contribution in [2.24, 2.45) is 74.9 Å². The van der Waals surface area contributed by atoms with Crippen molar-refractivity contribution in [2.45, 2.75) is 198 Å². The minimum absolute atomic E-state index is 0.0163. The predicted octanol–water partition coefficient (Wildman–Crippen LogP) is 5.30. The highest BCUT2D eigenvalue weighted by molar-refractivity contribution is 5.44. The highest BCUT2D eigenvalue weighted by Crippen LogP contribution is 2.73. The number of aliphatic hydroxyl groups is 6. The first-order valence-corrected chi connectivity index (χ1v) is 26.1. The van der Waals surface area contributed by atoms with Crippen molar-refractivity contribution >= 4 is 0 Å². The zero-order valence-electron chi connectivity index (χ0n) is 40.6. The molecule has 66 heavy (non-hydrogen) atoms. The molecule has 4 aliphatic heterocycles. The van der Waals surface area contributed by atoms with Gasteiger partial charge in [0.25, 0.3) is 0 Å². The molecular formula is C54H76N2O10. The molecule has 12 heteroatoms. The van der Waals surface area contributed by atoms with E-state index >= 15 is 0 Å². The van der Waals surface area contributed by atoms with E-state index in [0.717, 1.165) is 92.6 Å². The minimum Gasteiger partial charge on any atom is -0.395 e. The third kappa shape index (κ3) is 5.02. The van der Waals surface area contributed by atoms with E-state index in [4.69, 9.17) is 28.9 Å². The zero-order valence-corrected chi connectivity index (χ0v) is 40.6. The van der Waals surface area contributed by atoms with Crippen LogP contribution in [0.25, 0.3) is 0 Å². The number of ether oxygens (including phenoxy) is 4. The maximum Gasteiger partial charge on any atom is 0.201 e. The van der Waals surface area contributed by atoms with Crippen LogP contribution in [0.1, 0.15) is 136 Å². The number of nitrogens with zero attached hydrogens (tertiary/aromatic N) is 2. The molecule has 4 saturated carbocycles. The van der Waals surface area contributed by atoms with Gasteiger partial charge in [-0.1, -0.05) is 57.9 Å². The summed E-state index contributed by atoms with van der Waals surface area (Å²) in [6, 6.07) is 0. The van der Waals surface area contributed by atoms with Gasteiger partial charge in [-0.05, 0) is 138 Å². The lowest BCUT2D eigenvalue weighted by molar-refractivity contribution is -0.280. The molecule has 7 unspecified atom stereocenters. The molecule has 8 aliphatic carbocycles. The van der Waals surface area contributed by atoms with E-state index < -0.39 is 63.9 Å². The molecule has 0 radical (unpaired) electrons. The van der Waals surface area contributed by atoms with E-state index in [0.29, 0.717) is 24.7 Å². The molecule has 1 aromatic rings. The van der Waals surface area contributed by atoms with E-state index in [1.54, 1.807) is 6.92 Å². The Kier molecular flexibility index (Phi) is 8.93. The Morgan fingerprint density at radius 2 is 1.29 bits per heavy atom. The van der Waals surface area contributed by atoms with Crippen molar-refractivity contribution in [3.8, 4) is 0 Å². The van der Waals surface area contributed by atoms with Crippen molar-refractivity contribution in [3.05, 3.63) is 46.1 Å². The summed E-state index contributed by atoms with van der Waals surface area (Å²) in [5, 5.41) is 70.9. The minimum atomic E-state index is -1.49. The summed E-state index contributed by atoms with van der Waals surface area (Å²) in [6.07, 6.45) is 11.7. The number of fused-ring (bicyclic) bond motifs is 16. The van der Waals surface area contributed by atoms with Gasteiger partial charge in [0.05, 0.1) is 65.5 Å². The smallest absolute Gasteiger partial charge is 0.201 e. The Morgan fingerprint density at radius 1 is 0.682 bits per heavy atom. The van der Waals surface area contributed by atoms with E-state index in [1.807, 2.05) is 13.8 Å². The first-order valence-electron chi connectivity index (χ1n) is 26.1. The molecule has 4 saturated heterocycles. The molecule has 0 bridgehead atoms. The van der Waals surface area contributed by atoms with Crippen LogP contribution in [0, 0.1) is 74.9 Å². The van der Waals surface area contributed by atoms with Crippen LogP contribution in [0.3, 0.4) is 0 Å². The first kappa shape index (κ1) is 44.1. The van der Waals surface area contributed by atoms with E-state index in [2.05, 4.69) is 46.8 Å². The molecule has 13 rings (SSSR count). The number of hydrogen-bond acceptors (Lipinski definition) is 12. The SMILES string of the molecule is C[C@@H]1[C@@H]2[C@@H](C=C3C4CCC5Cc6nc7c(nc6C[C@@]5(C)C4C[C@H](O)[C@]32CO)CC2CCC3C4=C[C@H]5O[C@@]6(OC(C)(CO)C[C@@H]6O)[C@H](C)[C@@]5(O)[C@]4(C)[C@@H](O)CC3[C@]2(C)C7)O[C@]12CCC(C)(C)O2. The Hall–Kier alpha value is -1.84. The largest absolute Gasteiger partial charge is 0.395 e. The lowest BCUT2D eigenvalue weighted by atomic mass is 9.44. The molecule has 8 fully saturated rings. The fourth-order valence-electron chi connectivity index (χ4n) is 19.5. The van der Waals surface area contributed by atoms with Crippen molar-refractivity contribution in [1.82, 2.24) is 9.97 Å². The van der Waals surface area contributed by atoms with Gasteiger partial charge in [0.15, 0.2) is 5.79 Å². The number of hydrogen-bond donors (Lipinski definition) is 6. The second-order valence-corrected chi connectivity index (χ2v) is 26.2. The molecule has 1 aromatic heterocycles. The van der Waals surface area contributed by atoms with Gasteiger partial charge in [0.1, 0.15) is 17.8 Å². The summed E-state index contributed by atoms with van der Waals surface area (Å²) in [4.78, 5) is 11.2. The molecular weight excluding hydrogens is 837 g/mol. The van der Waals surface area contributed by atoms with Crippen molar-refractivity contribution in [2.75, 3.05) is 13.2 Å². The number of aromatic nitrogens is 2. The van der Waals surface area contributed by atoms with Crippen LogP contribution in [0.2, 0.25) is 0 Å². The molecule has 6 N–H and O–H groups in total. The van der Waals surface area contributed by atoms with E-state index in [9.17, 15) is 30.6 Å². The van der Waals surface area contributed by atoms with Gasteiger partial charge in [-0.3, -0.25) is 9.97 Å². The topological polar surface area (TPSA) is 184 Å². The van der Waals surface area contributed by atoms with Crippen LogP contribution < -0.4 is 0 Å². The van der Waals surface area contributed by atoms with Crippen LogP contribution in [0.5, 0.6) is 0 Å². The fraction of sp³-hybridized carbons (Fsp3) is 0.852. The highest BCUT2D eigenvalue weighted by Gasteiger charge is 2.79. The second-order valence-electron chi connectivity index (χ2n) is 26.2. The quantitative estimate of drug-likeness (QED) is 0.211. The van der Waals surface area contributed by atoms with Crippen LogP contribution in [0.15, 0.2) is 23.3 Å². The normalized spacial score (nSPS) is 57.7. The maximum atomic E-state index is 12.9. The third-order valence-corrected chi connectivity index (χ3v) is 23.2. The lowest BCUT2D eigenvalue weighted by Crippen LogP contribution is -2.65. The van der Waals surface area contributed by atoms with Gasteiger partial charge in [-0.25, -0.2) is 0 Å². The summed E-state index contributed by atoms with van der Waals surface area (Å²) in [6.45, 7) is 16.7. The van der Waals surface area contributed by atoms with Crippen LogP contribution >= 0.6 is 0 Å². The van der Waals surface area contributed by atoms with Gasteiger partial charge in [0, 0.05) is 41.4 Å². The van der Waals surface area contributed by atoms with Gasteiger partial charge >= 0.3 is 0 Å². The van der Waals surface area contributed by atoms with Crippen molar-refractivity contribution in [3.63, 3.8) is 0 Å². The Labute approximate surface area is 390 Å². The first-order chi connectivity index (χ1) is 31.1. The second kappa shape index (κ2) is 13.4. The Morgan fingerprint density at radius 3 is 1.85 bits per heavy atom. The van der Waals surface area contributed by atoms with Crippen LogP contribution in [0.4, 0.5) is 0 Å². The van der Waals surface area contributed by atoms with E-state index in [-0.39, 0.29) is 77.7 Å². The van der Waals surface area contributed by atoms with Gasteiger partial charge in [-0.15, -0.1) is 0 Å². The average molecular weight is 913 g/mol. The van der Waals surface area contributed by atoms with E-state index in [1.165, 1.54) is 5.57 Å². The van der Waals surface area contributed by atoms with Crippen molar-refractivity contribution < 1.29 is 49.6 Å². The van der Waals surface area contributed by atoms with Gasteiger partial charge in [0.2, 0.25) is 5.79 Å². The summed E-state index contributed by atoms with van der Waals surface area (Å²) in [7, 11) is 0. The van der Waals surface area contributed by atoms with Crippen molar-refractivity contribution in [1.29, 1.82) is 0 Å². The van der Waals surface area contributed by atoms with Gasteiger partial charge in [-0.2, -0.15) is 0 Å². The molecule has 12 nitrogen and oxygen atoms in total. The standard InChI is InChI=1S/C54H76N2O10/c1-26-45-40(63-52(26)14-13-46(3,4)65-52)17-35-31-12-10-29-16-37-39(22-49(29,7)33(31)19-42(60)51(35,45)25-58)56-36-15-28-9-11-30-32(48(28,6)21-38(36)55-37)18-41(59)50(8)34(30)20-44-53(50,62)27(2)54(64-44)43(61)23-47(5,24-57)66-54/h17,20,26-33,40-45,57-62H,9-16,18-19,21-25H2,1-8H3/t26-,27-,28?,29?,30?,31?,32?,33?,40-,41+,42+,43+,44-,45-,47?,48-,49-,50+,51+,52+,53+,54-/m1/s1. The molecule has 22 atom stereocenters. The monoisotopic (exact) mass is 913 g/mol. The molecule has 2 spiro atoms. The molecule has 12 aliphatic rings. The summed E-state index contributed by atoms with van der Waals surface area (Å²) >= 11 is 0. The summed E-state index contributed by atoms with van der Waals surface area (Å²) < 4.78 is 26.6. The molecule has 5 heterocycles. The lowest BCUT2D eigenvalue weighted by Gasteiger charge is -2.61. The Bertz CT molecular complexity index is 2340. The van der Waals surface area contributed by atoms with Gasteiger partial charge < -0.3 is 49.6 Å². The maximum absolute atomic E-state index is 12.9. The highest BCUT2D eigenvalue weighted by atomic mass is 16.7.